The van der Waals surface area contributed by atoms with E-state index in [0.717, 1.165) is 58.3 Å². The van der Waals surface area contributed by atoms with Gasteiger partial charge in [-0.15, -0.1) is 0 Å². The standard InChI is InChI=1S/C24H41Cl2NOSi/c1-7-29(8-2,9-3)28-22(23-20(25)14-18(4)15-21(23)26)17-27-16-19-10-12-24(5,6)13-11-19/h14-15,19,22,27H,7-13,16-17H2,1-6H3. The topological polar surface area (TPSA) is 21.3 Å². The predicted molar refractivity (Wildman–Crippen MR) is 131 cm³/mol. The Morgan fingerprint density at radius 1 is 1.07 bits per heavy atom. The van der Waals surface area contributed by atoms with Gasteiger partial charge >= 0.3 is 0 Å². The molecular formula is C24H41Cl2NOSi. The number of hydrogen-bond acceptors (Lipinski definition) is 2. The first-order chi connectivity index (χ1) is 13.6. The summed E-state index contributed by atoms with van der Waals surface area (Å²) in [5.74, 6) is 0.762. The van der Waals surface area contributed by atoms with Crippen molar-refractivity contribution in [1.29, 1.82) is 0 Å². The van der Waals surface area contributed by atoms with Gasteiger partial charge in [-0.1, -0.05) is 57.8 Å². The molecule has 0 spiro atoms. The van der Waals surface area contributed by atoms with Crippen molar-refractivity contribution in [2.24, 2.45) is 11.3 Å². The van der Waals surface area contributed by atoms with Crippen molar-refractivity contribution in [2.75, 3.05) is 13.1 Å². The lowest BCUT2D eigenvalue weighted by molar-refractivity contribution is 0.167. The van der Waals surface area contributed by atoms with Gasteiger partial charge in [0.25, 0.3) is 0 Å². The summed E-state index contributed by atoms with van der Waals surface area (Å²) in [5.41, 5.74) is 2.56. The monoisotopic (exact) mass is 457 g/mol. The third-order valence-corrected chi connectivity index (χ3v) is 12.4. The van der Waals surface area contributed by atoms with Gasteiger partial charge in [0.1, 0.15) is 0 Å². The lowest BCUT2D eigenvalue weighted by Crippen LogP contribution is -2.40. The van der Waals surface area contributed by atoms with Crippen molar-refractivity contribution in [3.8, 4) is 0 Å². The molecule has 0 aliphatic heterocycles. The van der Waals surface area contributed by atoms with Crippen LogP contribution in [0.5, 0.6) is 0 Å². The average Bonchev–Trinajstić information content (AvgIpc) is 2.66. The third kappa shape index (κ3) is 6.97. The van der Waals surface area contributed by atoms with E-state index in [9.17, 15) is 0 Å². The Morgan fingerprint density at radius 3 is 2.07 bits per heavy atom. The van der Waals surface area contributed by atoms with Crippen LogP contribution in [-0.4, -0.2) is 21.4 Å². The Labute approximate surface area is 190 Å². The number of aryl methyl sites for hydroxylation is 1. The van der Waals surface area contributed by atoms with Crippen molar-refractivity contribution in [1.82, 2.24) is 5.32 Å². The van der Waals surface area contributed by atoms with Crippen LogP contribution in [0.25, 0.3) is 0 Å². The van der Waals surface area contributed by atoms with Gasteiger partial charge in [-0.25, -0.2) is 0 Å². The van der Waals surface area contributed by atoms with Crippen LogP contribution in [-0.2, 0) is 4.43 Å². The first kappa shape index (κ1) is 25.2. The second-order valence-corrected chi connectivity index (χ2v) is 15.3. The van der Waals surface area contributed by atoms with Crippen molar-refractivity contribution in [3.63, 3.8) is 0 Å². The molecule has 1 aromatic carbocycles. The molecule has 2 rings (SSSR count). The van der Waals surface area contributed by atoms with Gasteiger partial charge in [0.2, 0.25) is 0 Å². The molecule has 1 N–H and O–H groups in total. The number of rotatable bonds is 10. The Kier molecular flexibility index (Phi) is 9.55. The maximum Gasteiger partial charge on any atom is 0.192 e. The summed E-state index contributed by atoms with van der Waals surface area (Å²) in [5, 5.41) is 5.18. The average molecular weight is 459 g/mol. The van der Waals surface area contributed by atoms with E-state index in [-0.39, 0.29) is 6.10 Å². The Balaban J connectivity index is 2.13. The van der Waals surface area contributed by atoms with Crippen LogP contribution >= 0.6 is 23.2 Å². The lowest BCUT2D eigenvalue weighted by atomic mass is 9.73. The van der Waals surface area contributed by atoms with E-state index < -0.39 is 8.32 Å². The fourth-order valence-electron chi connectivity index (χ4n) is 4.60. The molecule has 29 heavy (non-hydrogen) atoms. The van der Waals surface area contributed by atoms with Gasteiger partial charge in [-0.2, -0.15) is 0 Å². The Hall–Kier alpha value is -0.0631. The highest BCUT2D eigenvalue weighted by molar-refractivity contribution is 6.73. The highest BCUT2D eigenvalue weighted by atomic mass is 35.5. The van der Waals surface area contributed by atoms with Crippen LogP contribution < -0.4 is 5.32 Å². The fraction of sp³-hybridized carbons (Fsp3) is 0.750. The summed E-state index contributed by atoms with van der Waals surface area (Å²) < 4.78 is 6.90. The van der Waals surface area contributed by atoms with Gasteiger partial charge in [0.15, 0.2) is 8.32 Å². The molecule has 0 aromatic heterocycles. The number of hydrogen-bond donors (Lipinski definition) is 1. The van der Waals surface area contributed by atoms with Gasteiger partial charge in [0.05, 0.1) is 6.10 Å². The molecule has 166 valence electrons. The van der Waals surface area contributed by atoms with Crippen molar-refractivity contribution < 1.29 is 4.43 Å². The van der Waals surface area contributed by atoms with E-state index >= 15 is 0 Å². The number of halogens is 2. The molecular weight excluding hydrogens is 417 g/mol. The van der Waals surface area contributed by atoms with E-state index in [4.69, 9.17) is 27.6 Å². The molecule has 1 saturated carbocycles. The van der Waals surface area contributed by atoms with Crippen LogP contribution in [0.3, 0.4) is 0 Å². The summed E-state index contributed by atoms with van der Waals surface area (Å²) in [7, 11) is -1.79. The first-order valence-corrected chi connectivity index (χ1v) is 14.8. The Morgan fingerprint density at radius 2 is 1.59 bits per heavy atom. The van der Waals surface area contributed by atoms with E-state index in [2.05, 4.69) is 39.9 Å². The second kappa shape index (κ2) is 11.0. The molecule has 1 atom stereocenters. The van der Waals surface area contributed by atoms with Crippen molar-refractivity contribution in [3.05, 3.63) is 33.3 Å². The Bertz CT molecular complexity index is 619. The van der Waals surface area contributed by atoms with Crippen LogP contribution in [0, 0.1) is 18.3 Å². The lowest BCUT2D eigenvalue weighted by Gasteiger charge is -2.36. The summed E-state index contributed by atoms with van der Waals surface area (Å²) >= 11 is 13.3. The molecule has 1 fully saturated rings. The SMILES string of the molecule is CC[Si](CC)(CC)OC(CNCC1CCC(C)(C)CC1)c1c(Cl)cc(C)cc1Cl. The molecule has 1 aromatic rings. The highest BCUT2D eigenvalue weighted by Crippen LogP contribution is 2.39. The molecule has 5 heteroatoms. The number of nitrogens with one attached hydrogen (secondary N) is 1. The molecule has 0 amide bonds. The minimum atomic E-state index is -1.79. The third-order valence-electron chi connectivity index (χ3n) is 7.09. The highest BCUT2D eigenvalue weighted by Gasteiger charge is 2.34. The van der Waals surface area contributed by atoms with Gasteiger partial charge in [-0.05, 0) is 86.3 Å². The number of benzene rings is 1. The second-order valence-electron chi connectivity index (χ2n) is 9.76. The summed E-state index contributed by atoms with van der Waals surface area (Å²) in [4.78, 5) is 0. The van der Waals surface area contributed by atoms with Crippen molar-refractivity contribution >= 4 is 31.5 Å². The smallest absolute Gasteiger partial charge is 0.192 e. The molecule has 0 radical (unpaired) electrons. The van der Waals surface area contributed by atoms with Crippen LogP contribution in [0.2, 0.25) is 28.2 Å². The first-order valence-electron chi connectivity index (χ1n) is 11.5. The van der Waals surface area contributed by atoms with Gasteiger partial charge < -0.3 is 9.74 Å². The quantitative estimate of drug-likeness (QED) is 0.357. The maximum atomic E-state index is 6.90. The molecule has 0 saturated heterocycles. The normalized spacial score (nSPS) is 18.8. The molecule has 2 nitrogen and oxygen atoms in total. The minimum Gasteiger partial charge on any atom is -0.409 e. The zero-order valence-electron chi connectivity index (χ0n) is 19.3. The van der Waals surface area contributed by atoms with E-state index in [0.29, 0.717) is 5.41 Å². The van der Waals surface area contributed by atoms with E-state index in [1.165, 1.54) is 25.7 Å². The summed E-state index contributed by atoms with van der Waals surface area (Å²) in [6.45, 7) is 15.5. The zero-order chi connectivity index (χ0) is 21.7. The van der Waals surface area contributed by atoms with Crippen LogP contribution in [0.1, 0.15) is 77.5 Å². The molecule has 1 aliphatic rings. The minimum absolute atomic E-state index is 0.0813. The summed E-state index contributed by atoms with van der Waals surface area (Å²) in [6, 6.07) is 7.38. The van der Waals surface area contributed by atoms with E-state index in [1.807, 2.05) is 19.1 Å². The van der Waals surface area contributed by atoms with Gasteiger partial charge in [0, 0.05) is 22.2 Å². The van der Waals surface area contributed by atoms with Crippen LogP contribution in [0.4, 0.5) is 0 Å². The zero-order valence-corrected chi connectivity index (χ0v) is 21.8. The molecule has 1 aliphatic carbocycles. The van der Waals surface area contributed by atoms with Gasteiger partial charge in [-0.3, -0.25) is 0 Å². The predicted octanol–water partition coefficient (Wildman–Crippen LogP) is 8.17. The molecule has 0 bridgehead atoms. The van der Waals surface area contributed by atoms with Crippen LogP contribution in [0.15, 0.2) is 12.1 Å². The van der Waals surface area contributed by atoms with Crippen molar-refractivity contribution in [2.45, 2.75) is 91.5 Å². The molecule has 1 unspecified atom stereocenters. The molecule has 0 heterocycles. The largest absolute Gasteiger partial charge is 0.409 e. The van der Waals surface area contributed by atoms with E-state index in [1.54, 1.807) is 0 Å². The summed E-state index contributed by atoms with van der Waals surface area (Å²) in [6.07, 6.45) is 5.20. The fourth-order valence-corrected chi connectivity index (χ4v) is 8.25. The maximum absolute atomic E-state index is 6.90.